The van der Waals surface area contributed by atoms with Gasteiger partial charge in [-0.3, -0.25) is 9.10 Å². The fourth-order valence-corrected chi connectivity index (χ4v) is 3.47. The molecule has 0 spiro atoms. The summed E-state index contributed by atoms with van der Waals surface area (Å²) in [6, 6.07) is 10.7. The summed E-state index contributed by atoms with van der Waals surface area (Å²) in [4.78, 5) is 12.2. The third kappa shape index (κ3) is 7.14. The fraction of sp³-hybridized carbons (Fsp3) is 0.211. The number of hydrogen-bond donors (Lipinski definition) is 1. The molecule has 32 heavy (non-hydrogen) atoms. The Hall–Kier alpha value is -3.30. The van der Waals surface area contributed by atoms with Crippen molar-refractivity contribution in [2.24, 2.45) is 5.10 Å². The van der Waals surface area contributed by atoms with E-state index in [2.05, 4.69) is 10.5 Å². The van der Waals surface area contributed by atoms with Gasteiger partial charge in [-0.05, 0) is 48.0 Å². The van der Waals surface area contributed by atoms with Crippen LogP contribution in [0.25, 0.3) is 0 Å². The number of hydrogen-bond acceptors (Lipinski definition) is 6. The van der Waals surface area contributed by atoms with Crippen LogP contribution in [0.4, 0.5) is 18.9 Å². The van der Waals surface area contributed by atoms with Gasteiger partial charge in [-0.15, -0.1) is 0 Å². The Bertz CT molecular complexity index is 1150. The molecule has 0 aliphatic carbocycles. The van der Waals surface area contributed by atoms with Crippen molar-refractivity contribution in [3.8, 4) is 11.8 Å². The zero-order valence-electron chi connectivity index (χ0n) is 16.4. The van der Waals surface area contributed by atoms with Crippen molar-refractivity contribution >= 4 is 39.4 Å². The molecule has 2 rings (SSSR count). The Balaban J connectivity index is 2.11. The van der Waals surface area contributed by atoms with E-state index in [1.54, 1.807) is 24.3 Å². The van der Waals surface area contributed by atoms with Crippen molar-refractivity contribution < 1.29 is 31.1 Å². The Morgan fingerprint density at radius 2 is 1.94 bits per heavy atom. The summed E-state index contributed by atoms with van der Waals surface area (Å²) in [5, 5.41) is 11.6. The van der Waals surface area contributed by atoms with Crippen LogP contribution in [0.3, 0.4) is 0 Å². The van der Waals surface area contributed by atoms with Crippen LogP contribution in [-0.4, -0.2) is 39.9 Å². The Labute approximate surface area is 186 Å². The van der Waals surface area contributed by atoms with Crippen molar-refractivity contribution in [2.75, 3.05) is 23.7 Å². The number of hydrazone groups is 1. The number of ether oxygens (including phenoxy) is 1. The number of halogens is 4. The zero-order valence-corrected chi connectivity index (χ0v) is 18.0. The fourth-order valence-electron chi connectivity index (χ4n) is 2.40. The lowest BCUT2D eigenvalue weighted by Crippen LogP contribution is -2.39. The van der Waals surface area contributed by atoms with Crippen LogP contribution in [0.1, 0.15) is 11.1 Å². The van der Waals surface area contributed by atoms with Crippen LogP contribution < -0.4 is 14.5 Å². The average molecular weight is 489 g/mol. The highest BCUT2D eigenvalue weighted by Crippen LogP contribution is 2.37. The Morgan fingerprint density at radius 1 is 1.28 bits per heavy atom. The highest BCUT2D eigenvalue weighted by molar-refractivity contribution is 7.92. The molecule has 2 aromatic rings. The molecular weight excluding hydrogens is 473 g/mol. The normalized spacial score (nSPS) is 11.8. The van der Waals surface area contributed by atoms with Crippen LogP contribution in [-0.2, 0) is 21.0 Å². The van der Waals surface area contributed by atoms with Crippen molar-refractivity contribution in [3.63, 3.8) is 0 Å². The zero-order chi connectivity index (χ0) is 23.9. The van der Waals surface area contributed by atoms with Gasteiger partial charge in [0.1, 0.15) is 18.4 Å². The van der Waals surface area contributed by atoms with E-state index in [0.717, 1.165) is 18.4 Å². The molecule has 8 nitrogen and oxygen atoms in total. The molecule has 170 valence electrons. The number of alkyl halides is 3. The van der Waals surface area contributed by atoms with Crippen LogP contribution in [0.15, 0.2) is 47.6 Å². The summed E-state index contributed by atoms with van der Waals surface area (Å²) < 4.78 is 69.0. The topological polar surface area (TPSA) is 112 Å². The number of benzene rings is 2. The van der Waals surface area contributed by atoms with E-state index in [9.17, 15) is 26.4 Å². The Kier molecular flexibility index (Phi) is 8.07. The standard InChI is InChI=1S/C19H16ClF3N4O4S/c1-32(29,30)27(14-4-7-17(20)16(10-14)19(21,22)23)12-18(28)26-25-11-13-2-5-15(6-3-13)31-9-8-24/h2-7,10-11H,9,12H2,1H3,(H,26,28)/b25-11+. The first-order valence-corrected chi connectivity index (χ1v) is 10.9. The van der Waals surface area contributed by atoms with Gasteiger partial charge in [-0.2, -0.15) is 23.5 Å². The lowest BCUT2D eigenvalue weighted by molar-refractivity contribution is -0.137. The van der Waals surface area contributed by atoms with E-state index in [-0.39, 0.29) is 12.3 Å². The van der Waals surface area contributed by atoms with Crippen LogP contribution in [0, 0.1) is 11.3 Å². The molecule has 13 heteroatoms. The smallest absolute Gasteiger partial charge is 0.417 e. The van der Waals surface area contributed by atoms with Gasteiger partial charge in [-0.25, -0.2) is 13.8 Å². The highest BCUT2D eigenvalue weighted by Gasteiger charge is 2.34. The molecule has 1 N–H and O–H groups in total. The lowest BCUT2D eigenvalue weighted by atomic mass is 10.2. The third-order valence-electron chi connectivity index (χ3n) is 3.82. The molecule has 0 saturated heterocycles. The molecule has 0 fully saturated rings. The monoisotopic (exact) mass is 488 g/mol. The van der Waals surface area contributed by atoms with Gasteiger partial charge in [-0.1, -0.05) is 11.6 Å². The largest absolute Gasteiger partial charge is 0.479 e. The first-order chi connectivity index (χ1) is 14.9. The molecule has 0 unspecified atom stereocenters. The molecule has 0 radical (unpaired) electrons. The minimum Gasteiger partial charge on any atom is -0.479 e. The molecule has 2 aromatic carbocycles. The molecule has 1 amide bonds. The molecule has 0 aliphatic heterocycles. The van der Waals surface area contributed by atoms with Gasteiger partial charge in [0.2, 0.25) is 10.0 Å². The van der Waals surface area contributed by atoms with Crippen LogP contribution in [0.5, 0.6) is 5.75 Å². The van der Waals surface area contributed by atoms with E-state index in [0.29, 0.717) is 21.7 Å². The predicted molar refractivity (Wildman–Crippen MR) is 112 cm³/mol. The van der Waals surface area contributed by atoms with Gasteiger partial charge in [0, 0.05) is 0 Å². The van der Waals surface area contributed by atoms with Gasteiger partial charge >= 0.3 is 6.18 Å². The van der Waals surface area contributed by atoms with E-state index >= 15 is 0 Å². The summed E-state index contributed by atoms with van der Waals surface area (Å²) in [5.41, 5.74) is 1.06. The second-order valence-corrected chi connectivity index (χ2v) is 8.55. The van der Waals surface area contributed by atoms with Crippen molar-refractivity contribution in [3.05, 3.63) is 58.6 Å². The number of nitriles is 1. The average Bonchev–Trinajstić information content (AvgIpc) is 2.70. The molecular formula is C19H16ClF3N4O4S. The maximum absolute atomic E-state index is 13.1. The lowest BCUT2D eigenvalue weighted by Gasteiger charge is -2.22. The van der Waals surface area contributed by atoms with E-state index in [1.165, 1.54) is 6.21 Å². The van der Waals surface area contributed by atoms with Crippen molar-refractivity contribution in [1.82, 2.24) is 5.43 Å². The van der Waals surface area contributed by atoms with E-state index in [4.69, 9.17) is 21.6 Å². The number of amides is 1. The Morgan fingerprint density at radius 3 is 2.50 bits per heavy atom. The van der Waals surface area contributed by atoms with Gasteiger partial charge in [0.05, 0.1) is 28.7 Å². The molecule has 0 heterocycles. The second-order valence-electron chi connectivity index (χ2n) is 6.24. The van der Waals surface area contributed by atoms with Crippen molar-refractivity contribution in [2.45, 2.75) is 6.18 Å². The quantitative estimate of drug-likeness (QED) is 0.453. The SMILES string of the molecule is CS(=O)(=O)N(CC(=O)N/N=C/c1ccc(OCC#N)cc1)c1ccc(Cl)c(C(F)(F)F)c1. The number of carbonyl (C=O) groups is 1. The van der Waals surface area contributed by atoms with E-state index < -0.39 is 39.2 Å². The molecule has 0 atom stereocenters. The highest BCUT2D eigenvalue weighted by atomic mass is 35.5. The first kappa shape index (κ1) is 25.0. The molecule has 0 saturated carbocycles. The van der Waals surface area contributed by atoms with E-state index in [1.807, 2.05) is 6.07 Å². The summed E-state index contributed by atoms with van der Waals surface area (Å²) in [7, 11) is -4.10. The third-order valence-corrected chi connectivity index (χ3v) is 5.29. The van der Waals surface area contributed by atoms with Gasteiger partial charge < -0.3 is 4.74 Å². The summed E-state index contributed by atoms with van der Waals surface area (Å²) >= 11 is 5.56. The number of nitrogens with zero attached hydrogens (tertiary/aromatic N) is 3. The molecule has 0 bridgehead atoms. The van der Waals surface area contributed by atoms with Crippen LogP contribution >= 0.6 is 11.6 Å². The summed E-state index contributed by atoms with van der Waals surface area (Å²) in [5.74, 6) is -0.429. The summed E-state index contributed by atoms with van der Waals surface area (Å²) in [6.45, 7) is -0.922. The maximum Gasteiger partial charge on any atom is 0.417 e. The number of anilines is 1. The molecule has 0 aromatic heterocycles. The molecule has 0 aliphatic rings. The van der Waals surface area contributed by atoms with Crippen molar-refractivity contribution in [1.29, 1.82) is 5.26 Å². The minimum absolute atomic E-state index is 0.113. The number of sulfonamides is 1. The number of rotatable bonds is 8. The minimum atomic E-state index is -4.81. The number of carbonyl (C=O) groups excluding carboxylic acids is 1. The summed E-state index contributed by atoms with van der Waals surface area (Å²) in [6.07, 6.45) is -2.79. The predicted octanol–water partition coefficient (Wildman–Crippen LogP) is 3.18. The van der Waals surface area contributed by atoms with Gasteiger partial charge in [0.15, 0.2) is 6.61 Å². The number of nitrogens with one attached hydrogen (secondary N) is 1. The van der Waals surface area contributed by atoms with Gasteiger partial charge in [0.25, 0.3) is 5.91 Å². The van der Waals surface area contributed by atoms with Crippen LogP contribution in [0.2, 0.25) is 5.02 Å². The maximum atomic E-state index is 13.1. The second kappa shape index (κ2) is 10.3. The first-order valence-electron chi connectivity index (χ1n) is 8.68.